The van der Waals surface area contributed by atoms with E-state index in [0.717, 1.165) is 0 Å². The minimum atomic E-state index is -4.70. The number of fused-ring (bicyclic) bond motifs is 1. The summed E-state index contributed by atoms with van der Waals surface area (Å²) in [6, 6.07) is 11.7. The van der Waals surface area contributed by atoms with E-state index in [2.05, 4.69) is 5.32 Å². The second-order valence-corrected chi connectivity index (χ2v) is 8.15. The number of alkyl halides is 3. The molecule has 0 aliphatic carbocycles. The number of nitrogens with zero attached hydrogens (tertiary/aromatic N) is 1. The summed E-state index contributed by atoms with van der Waals surface area (Å²) in [7, 11) is 0. The van der Waals surface area contributed by atoms with Crippen LogP contribution in [0.15, 0.2) is 54.6 Å². The van der Waals surface area contributed by atoms with Gasteiger partial charge < -0.3 is 15.0 Å². The zero-order valence-corrected chi connectivity index (χ0v) is 17.4. The summed E-state index contributed by atoms with van der Waals surface area (Å²) < 4.78 is 46.0. The van der Waals surface area contributed by atoms with Crippen molar-refractivity contribution >= 4 is 28.8 Å². The Balaban J connectivity index is 1.89. The summed E-state index contributed by atoms with van der Waals surface area (Å²) in [6.07, 6.45) is -4.17. The van der Waals surface area contributed by atoms with E-state index in [0.29, 0.717) is 30.7 Å². The molecule has 164 valence electrons. The van der Waals surface area contributed by atoms with Crippen LogP contribution < -0.4 is 15.0 Å². The largest absolute Gasteiger partial charge is 0.490 e. The Morgan fingerprint density at radius 2 is 1.74 bits per heavy atom. The second-order valence-electron chi connectivity index (χ2n) is 8.15. The predicted octanol–water partition coefficient (Wildman–Crippen LogP) is 5.04. The number of rotatable bonds is 3. The van der Waals surface area contributed by atoms with Crippen molar-refractivity contribution in [3.05, 3.63) is 60.2 Å². The molecule has 1 heterocycles. The van der Waals surface area contributed by atoms with Crippen LogP contribution in [0.3, 0.4) is 0 Å². The molecular formula is C23H23F3N2O3. The molecule has 0 saturated carbocycles. The first-order valence-electron chi connectivity index (χ1n) is 9.71. The zero-order chi connectivity index (χ0) is 22.8. The van der Waals surface area contributed by atoms with Gasteiger partial charge in [-0.15, -0.1) is 0 Å². The molecule has 0 saturated heterocycles. The molecule has 31 heavy (non-hydrogen) atoms. The number of hydrogen-bond acceptors (Lipinski definition) is 3. The highest BCUT2D eigenvalue weighted by atomic mass is 19.4. The lowest BCUT2D eigenvalue weighted by Crippen LogP contribution is -2.44. The molecule has 1 aliphatic rings. The van der Waals surface area contributed by atoms with Crippen molar-refractivity contribution in [2.75, 3.05) is 23.4 Å². The average molecular weight is 432 g/mol. The molecule has 0 atom stereocenters. The molecule has 8 heteroatoms. The lowest BCUT2D eigenvalue weighted by molar-refractivity contribution is -0.126. The van der Waals surface area contributed by atoms with Gasteiger partial charge in [-0.1, -0.05) is 51.1 Å². The van der Waals surface area contributed by atoms with Gasteiger partial charge >= 0.3 is 6.18 Å². The van der Waals surface area contributed by atoms with Crippen molar-refractivity contribution in [2.24, 2.45) is 5.41 Å². The first-order chi connectivity index (χ1) is 14.5. The van der Waals surface area contributed by atoms with Crippen LogP contribution in [-0.2, 0) is 9.59 Å². The molecular weight excluding hydrogens is 409 g/mol. The number of halogens is 3. The monoisotopic (exact) mass is 432 g/mol. The van der Waals surface area contributed by atoms with Crippen LogP contribution in [0, 0.1) is 5.41 Å². The van der Waals surface area contributed by atoms with Crippen LogP contribution in [0.5, 0.6) is 5.75 Å². The zero-order valence-electron chi connectivity index (χ0n) is 17.4. The van der Waals surface area contributed by atoms with Gasteiger partial charge in [0.15, 0.2) is 0 Å². The standard InChI is InChI=1S/C23H23F3N2O3/c1-22(2,3)21(30)28-11-12-31-19-10-9-16(13-18(19)28)27-20(29)14-17(23(24,25)26)15-7-5-4-6-8-15/h4-10,13-14H,11-12H2,1-3H3,(H,27,29)/b17-14-. The van der Waals surface area contributed by atoms with Crippen molar-refractivity contribution in [3.63, 3.8) is 0 Å². The number of anilines is 2. The highest BCUT2D eigenvalue weighted by molar-refractivity contribution is 6.05. The SMILES string of the molecule is CC(C)(C)C(=O)N1CCOc2ccc(NC(=O)/C=C(/c3ccccc3)C(F)(F)F)cc21. The highest BCUT2D eigenvalue weighted by Gasteiger charge is 2.35. The number of benzene rings is 2. The van der Waals surface area contributed by atoms with Gasteiger partial charge in [0, 0.05) is 17.2 Å². The van der Waals surface area contributed by atoms with Crippen LogP contribution in [0.25, 0.3) is 5.57 Å². The normalized spacial score (nSPS) is 14.5. The molecule has 0 fully saturated rings. The Hall–Kier alpha value is -3.29. The Morgan fingerprint density at radius 3 is 2.35 bits per heavy atom. The molecule has 0 radical (unpaired) electrons. The maximum Gasteiger partial charge on any atom is 0.417 e. The fourth-order valence-corrected chi connectivity index (χ4v) is 3.17. The van der Waals surface area contributed by atoms with Crippen molar-refractivity contribution in [1.82, 2.24) is 0 Å². The summed E-state index contributed by atoms with van der Waals surface area (Å²) in [4.78, 5) is 26.7. The van der Waals surface area contributed by atoms with Gasteiger partial charge in [-0.05, 0) is 23.8 Å². The highest BCUT2D eigenvalue weighted by Crippen LogP contribution is 2.37. The van der Waals surface area contributed by atoms with Gasteiger partial charge in [0.1, 0.15) is 12.4 Å². The van der Waals surface area contributed by atoms with Crippen molar-refractivity contribution in [3.8, 4) is 5.75 Å². The van der Waals surface area contributed by atoms with Crippen LogP contribution in [0.1, 0.15) is 26.3 Å². The average Bonchev–Trinajstić information content (AvgIpc) is 2.70. The Kier molecular flexibility index (Phi) is 6.10. The molecule has 1 N–H and O–H groups in total. The number of carbonyl (C=O) groups is 2. The Bertz CT molecular complexity index is 1010. The van der Waals surface area contributed by atoms with Gasteiger partial charge in [-0.3, -0.25) is 9.59 Å². The summed E-state index contributed by atoms with van der Waals surface area (Å²) in [5.74, 6) is -0.580. The molecule has 2 aromatic carbocycles. The first kappa shape index (κ1) is 22.4. The molecule has 3 rings (SSSR count). The quantitative estimate of drug-likeness (QED) is 0.691. The minimum absolute atomic E-state index is 0.106. The Morgan fingerprint density at radius 1 is 1.06 bits per heavy atom. The van der Waals surface area contributed by atoms with Crippen LogP contribution >= 0.6 is 0 Å². The molecule has 5 nitrogen and oxygen atoms in total. The Labute approximate surface area is 178 Å². The first-order valence-corrected chi connectivity index (χ1v) is 9.71. The third kappa shape index (κ3) is 5.25. The van der Waals surface area contributed by atoms with Crippen LogP contribution in [-0.4, -0.2) is 31.1 Å². The van der Waals surface area contributed by atoms with E-state index < -0.39 is 23.1 Å². The van der Waals surface area contributed by atoms with Gasteiger partial charge in [-0.25, -0.2) is 0 Å². The molecule has 2 aromatic rings. The van der Waals surface area contributed by atoms with Gasteiger partial charge in [0.25, 0.3) is 0 Å². The number of allylic oxidation sites excluding steroid dienone is 1. The number of nitrogens with one attached hydrogen (secondary N) is 1. The molecule has 0 unspecified atom stereocenters. The predicted molar refractivity (Wildman–Crippen MR) is 113 cm³/mol. The summed E-state index contributed by atoms with van der Waals surface area (Å²) in [5, 5.41) is 2.45. The number of carbonyl (C=O) groups excluding carboxylic acids is 2. The smallest absolute Gasteiger partial charge is 0.417 e. The molecule has 2 amide bonds. The lowest BCUT2D eigenvalue weighted by atomic mass is 9.94. The van der Waals surface area contributed by atoms with Crippen LogP contribution in [0.4, 0.5) is 24.5 Å². The molecule has 1 aliphatic heterocycles. The van der Waals surface area contributed by atoms with Gasteiger partial charge in [0.2, 0.25) is 11.8 Å². The van der Waals surface area contributed by atoms with E-state index in [1.165, 1.54) is 36.4 Å². The summed E-state index contributed by atoms with van der Waals surface area (Å²) in [5.41, 5.74) is -1.06. The molecule has 0 spiro atoms. The third-order valence-corrected chi connectivity index (χ3v) is 4.64. The summed E-state index contributed by atoms with van der Waals surface area (Å²) >= 11 is 0. The van der Waals surface area contributed by atoms with Crippen molar-refractivity contribution in [1.29, 1.82) is 0 Å². The number of ether oxygens (including phenoxy) is 1. The lowest BCUT2D eigenvalue weighted by Gasteiger charge is -2.34. The maximum atomic E-state index is 13.5. The van der Waals surface area contributed by atoms with Crippen LogP contribution in [0.2, 0.25) is 0 Å². The van der Waals surface area contributed by atoms with E-state index >= 15 is 0 Å². The van der Waals surface area contributed by atoms with E-state index in [9.17, 15) is 22.8 Å². The fourth-order valence-electron chi connectivity index (χ4n) is 3.17. The number of amides is 2. The maximum absolute atomic E-state index is 13.5. The van der Waals surface area contributed by atoms with Crippen molar-refractivity contribution in [2.45, 2.75) is 26.9 Å². The minimum Gasteiger partial charge on any atom is -0.490 e. The summed E-state index contributed by atoms with van der Waals surface area (Å²) in [6.45, 7) is 6.05. The van der Waals surface area contributed by atoms with Gasteiger partial charge in [0.05, 0.1) is 17.8 Å². The fraction of sp³-hybridized carbons (Fsp3) is 0.304. The third-order valence-electron chi connectivity index (χ3n) is 4.64. The van der Waals surface area contributed by atoms with Crippen molar-refractivity contribution < 1.29 is 27.5 Å². The topological polar surface area (TPSA) is 58.6 Å². The number of hydrogen-bond donors (Lipinski definition) is 1. The second kappa shape index (κ2) is 8.45. The molecule has 0 aromatic heterocycles. The van der Waals surface area contributed by atoms with E-state index in [1.54, 1.807) is 37.8 Å². The van der Waals surface area contributed by atoms with E-state index in [4.69, 9.17) is 4.74 Å². The van der Waals surface area contributed by atoms with Gasteiger partial charge in [-0.2, -0.15) is 13.2 Å². The molecule has 0 bridgehead atoms. The van der Waals surface area contributed by atoms with E-state index in [1.807, 2.05) is 0 Å². The van der Waals surface area contributed by atoms with E-state index in [-0.39, 0.29) is 17.2 Å².